The fourth-order valence-electron chi connectivity index (χ4n) is 2.52. The third-order valence-corrected chi connectivity index (χ3v) is 4.68. The number of hydrogen-bond acceptors (Lipinski definition) is 7. The summed E-state index contributed by atoms with van der Waals surface area (Å²) >= 11 is 1.45. The molecule has 0 radical (unpaired) electrons. The highest BCUT2D eigenvalue weighted by molar-refractivity contribution is 7.15. The molecule has 1 aliphatic heterocycles. The second-order valence-electron chi connectivity index (χ2n) is 5.75. The number of hydrogen-bond donors (Lipinski definition) is 2. The van der Waals surface area contributed by atoms with E-state index in [0.29, 0.717) is 24.6 Å². The van der Waals surface area contributed by atoms with E-state index in [0.717, 1.165) is 36.9 Å². The largest absolute Gasteiger partial charge is 0.390 e. The highest BCUT2D eigenvalue weighted by Crippen LogP contribution is 2.18. The zero-order valence-electron chi connectivity index (χ0n) is 13.3. The van der Waals surface area contributed by atoms with Gasteiger partial charge in [-0.15, -0.1) is 10.2 Å². The summed E-state index contributed by atoms with van der Waals surface area (Å²) in [5.74, 6) is -0.243. The lowest BCUT2D eigenvalue weighted by Crippen LogP contribution is -2.42. The second kappa shape index (κ2) is 8.48. The molecule has 0 saturated carbocycles. The minimum atomic E-state index is -0.465. The summed E-state index contributed by atoms with van der Waals surface area (Å²) in [5, 5.41) is 23.0. The standard InChI is InChI=1S/C16H21FN4O2S/c17-13-3-1-12(2-4-13)9-15-19-20-16(24-15)18-10-14(22)11-21-5-7-23-8-6-21/h1-4,14,22H,5-11H2,(H,18,20). The van der Waals surface area contributed by atoms with Gasteiger partial charge in [0, 0.05) is 32.6 Å². The van der Waals surface area contributed by atoms with E-state index in [4.69, 9.17) is 4.74 Å². The predicted octanol–water partition coefficient (Wildman–Crippen LogP) is 1.37. The molecule has 1 atom stereocenters. The van der Waals surface area contributed by atoms with Gasteiger partial charge in [0.2, 0.25) is 5.13 Å². The number of anilines is 1. The first kappa shape index (κ1) is 17.2. The summed E-state index contributed by atoms with van der Waals surface area (Å²) in [7, 11) is 0. The molecule has 0 amide bonds. The van der Waals surface area contributed by atoms with Gasteiger partial charge in [0.1, 0.15) is 10.8 Å². The SMILES string of the molecule is OC(CNc1nnc(Cc2ccc(F)cc2)s1)CN1CCOCC1. The van der Waals surface area contributed by atoms with Crippen LogP contribution in [0.15, 0.2) is 24.3 Å². The lowest BCUT2D eigenvalue weighted by atomic mass is 10.2. The summed E-state index contributed by atoms with van der Waals surface area (Å²) in [4.78, 5) is 2.19. The van der Waals surface area contributed by atoms with E-state index >= 15 is 0 Å². The van der Waals surface area contributed by atoms with E-state index in [1.807, 2.05) is 0 Å². The molecule has 8 heteroatoms. The monoisotopic (exact) mass is 352 g/mol. The van der Waals surface area contributed by atoms with E-state index in [1.165, 1.54) is 23.5 Å². The minimum Gasteiger partial charge on any atom is -0.390 e. The van der Waals surface area contributed by atoms with Gasteiger partial charge in [-0.05, 0) is 17.7 Å². The molecule has 3 rings (SSSR count). The number of aliphatic hydroxyl groups is 1. The highest BCUT2D eigenvalue weighted by atomic mass is 32.1. The minimum absolute atomic E-state index is 0.243. The van der Waals surface area contributed by atoms with Crippen molar-refractivity contribution >= 4 is 16.5 Å². The molecule has 6 nitrogen and oxygen atoms in total. The van der Waals surface area contributed by atoms with E-state index in [-0.39, 0.29) is 5.82 Å². The molecule has 1 unspecified atom stereocenters. The maximum absolute atomic E-state index is 12.9. The van der Waals surface area contributed by atoms with Gasteiger partial charge in [-0.25, -0.2) is 4.39 Å². The fourth-order valence-corrected chi connectivity index (χ4v) is 3.31. The Morgan fingerprint density at radius 2 is 2.00 bits per heavy atom. The van der Waals surface area contributed by atoms with Crippen LogP contribution in [0.4, 0.5) is 9.52 Å². The lowest BCUT2D eigenvalue weighted by molar-refractivity contribution is 0.0171. The average Bonchev–Trinajstić information content (AvgIpc) is 3.04. The van der Waals surface area contributed by atoms with Gasteiger partial charge < -0.3 is 15.2 Å². The van der Waals surface area contributed by atoms with Crippen molar-refractivity contribution in [3.63, 3.8) is 0 Å². The molecule has 2 N–H and O–H groups in total. The summed E-state index contributed by atoms with van der Waals surface area (Å²) in [6, 6.07) is 6.38. The van der Waals surface area contributed by atoms with Crippen LogP contribution >= 0.6 is 11.3 Å². The van der Waals surface area contributed by atoms with Crippen LogP contribution in [0, 0.1) is 5.82 Å². The molecule has 1 aromatic heterocycles. The third kappa shape index (κ3) is 5.20. The molecule has 1 aliphatic rings. The molecule has 1 fully saturated rings. The lowest BCUT2D eigenvalue weighted by Gasteiger charge is -2.28. The zero-order valence-corrected chi connectivity index (χ0v) is 14.1. The third-order valence-electron chi connectivity index (χ3n) is 3.80. The van der Waals surface area contributed by atoms with Crippen molar-refractivity contribution in [2.45, 2.75) is 12.5 Å². The quantitative estimate of drug-likeness (QED) is 0.784. The van der Waals surface area contributed by atoms with Crippen LogP contribution in [0.2, 0.25) is 0 Å². The number of aromatic nitrogens is 2. The van der Waals surface area contributed by atoms with Crippen LogP contribution in [0.25, 0.3) is 0 Å². The molecule has 1 saturated heterocycles. The average molecular weight is 352 g/mol. The summed E-state index contributed by atoms with van der Waals surface area (Å²) in [6.07, 6.45) is 0.156. The molecule has 2 aromatic rings. The van der Waals surface area contributed by atoms with Crippen molar-refractivity contribution in [2.75, 3.05) is 44.7 Å². The molecular formula is C16H21FN4O2S. The first-order valence-electron chi connectivity index (χ1n) is 7.98. The summed E-state index contributed by atoms with van der Waals surface area (Å²) < 4.78 is 18.2. The second-order valence-corrected chi connectivity index (χ2v) is 6.81. The Kier molecular flexibility index (Phi) is 6.08. The van der Waals surface area contributed by atoms with Crippen molar-refractivity contribution in [3.8, 4) is 0 Å². The van der Waals surface area contributed by atoms with Gasteiger partial charge in [0.25, 0.3) is 0 Å². The number of morpholine rings is 1. The number of halogens is 1. The summed E-state index contributed by atoms with van der Waals surface area (Å²) in [5.41, 5.74) is 0.992. The number of nitrogens with one attached hydrogen (secondary N) is 1. The van der Waals surface area contributed by atoms with Gasteiger partial charge in [-0.3, -0.25) is 4.90 Å². The summed E-state index contributed by atoms with van der Waals surface area (Å²) in [6.45, 7) is 4.22. The predicted molar refractivity (Wildman–Crippen MR) is 90.9 cm³/mol. The van der Waals surface area contributed by atoms with Crippen molar-refractivity contribution in [1.29, 1.82) is 0 Å². The van der Waals surface area contributed by atoms with Crippen LogP contribution in [0.5, 0.6) is 0 Å². The van der Waals surface area contributed by atoms with Crippen LogP contribution in [-0.2, 0) is 11.2 Å². The Morgan fingerprint density at radius 3 is 2.75 bits per heavy atom. The molecule has 130 valence electrons. The highest BCUT2D eigenvalue weighted by Gasteiger charge is 2.15. The normalized spacial score (nSPS) is 16.9. The van der Waals surface area contributed by atoms with Crippen LogP contribution in [0.3, 0.4) is 0 Å². The Balaban J connectivity index is 1.44. The Labute approximate surface area is 144 Å². The van der Waals surface area contributed by atoms with E-state index in [2.05, 4.69) is 20.4 Å². The number of nitrogens with zero attached hydrogens (tertiary/aromatic N) is 3. The number of ether oxygens (including phenoxy) is 1. The van der Waals surface area contributed by atoms with Gasteiger partial charge in [-0.1, -0.05) is 23.5 Å². The smallest absolute Gasteiger partial charge is 0.205 e. The van der Waals surface area contributed by atoms with Gasteiger partial charge in [0.15, 0.2) is 0 Å². The van der Waals surface area contributed by atoms with Crippen LogP contribution < -0.4 is 5.32 Å². The number of benzene rings is 1. The first-order valence-corrected chi connectivity index (χ1v) is 8.79. The van der Waals surface area contributed by atoms with Gasteiger partial charge in [-0.2, -0.15) is 0 Å². The Hall–Kier alpha value is -1.61. The van der Waals surface area contributed by atoms with Crippen molar-refractivity contribution in [1.82, 2.24) is 15.1 Å². The zero-order chi connectivity index (χ0) is 16.8. The maximum Gasteiger partial charge on any atom is 0.205 e. The first-order chi connectivity index (χ1) is 11.7. The van der Waals surface area contributed by atoms with Crippen molar-refractivity contribution in [3.05, 3.63) is 40.7 Å². The number of aliphatic hydroxyl groups excluding tert-OH is 1. The van der Waals surface area contributed by atoms with Crippen LogP contribution in [-0.4, -0.2) is 65.7 Å². The molecular weight excluding hydrogens is 331 g/mol. The molecule has 0 spiro atoms. The van der Waals surface area contributed by atoms with E-state index in [9.17, 15) is 9.50 Å². The Bertz CT molecular complexity index is 631. The number of rotatable bonds is 7. The maximum atomic E-state index is 12.9. The molecule has 0 aliphatic carbocycles. The van der Waals surface area contributed by atoms with Crippen LogP contribution in [0.1, 0.15) is 10.6 Å². The molecule has 0 bridgehead atoms. The van der Waals surface area contributed by atoms with Crippen molar-refractivity contribution < 1.29 is 14.2 Å². The molecule has 24 heavy (non-hydrogen) atoms. The van der Waals surface area contributed by atoms with Crippen molar-refractivity contribution in [2.24, 2.45) is 0 Å². The molecule has 1 aromatic carbocycles. The van der Waals surface area contributed by atoms with Gasteiger partial charge in [0.05, 0.1) is 19.3 Å². The van der Waals surface area contributed by atoms with E-state index < -0.39 is 6.10 Å². The fraction of sp³-hybridized carbons (Fsp3) is 0.500. The van der Waals surface area contributed by atoms with Gasteiger partial charge >= 0.3 is 0 Å². The van der Waals surface area contributed by atoms with E-state index in [1.54, 1.807) is 12.1 Å². The number of β-amino-alcohol motifs (C(OH)–C–C–N with tert-alkyl or cyclic N) is 1. The molecule has 2 heterocycles. The Morgan fingerprint density at radius 1 is 1.25 bits per heavy atom. The topological polar surface area (TPSA) is 70.5 Å².